The van der Waals surface area contributed by atoms with Crippen molar-refractivity contribution < 1.29 is 14.3 Å². The number of carboxylic acid groups (broad SMARTS) is 1. The highest BCUT2D eigenvalue weighted by molar-refractivity contribution is 5.77. The van der Waals surface area contributed by atoms with E-state index in [1.807, 2.05) is 13.8 Å². The standard InChI is InChI=1S/C11H12FNO2/c1-11(2)8(9(11)10(14)15)6-3-4-7(12)13-5-6/h3-5,8-9H,1-2H3,(H,14,15). The molecule has 4 heteroatoms. The van der Waals surface area contributed by atoms with E-state index in [-0.39, 0.29) is 17.3 Å². The summed E-state index contributed by atoms with van der Waals surface area (Å²) in [5, 5.41) is 8.98. The fourth-order valence-corrected chi connectivity index (χ4v) is 2.29. The fraction of sp³-hybridized carbons (Fsp3) is 0.455. The molecular weight excluding hydrogens is 197 g/mol. The van der Waals surface area contributed by atoms with Gasteiger partial charge in [-0.05, 0) is 17.0 Å². The van der Waals surface area contributed by atoms with Crippen molar-refractivity contribution in [2.24, 2.45) is 11.3 Å². The van der Waals surface area contributed by atoms with Crippen molar-refractivity contribution in [3.8, 4) is 0 Å². The maximum atomic E-state index is 12.6. The molecule has 3 nitrogen and oxygen atoms in total. The minimum Gasteiger partial charge on any atom is -0.481 e. The van der Waals surface area contributed by atoms with Gasteiger partial charge < -0.3 is 5.11 Å². The Kier molecular flexibility index (Phi) is 2.03. The van der Waals surface area contributed by atoms with Gasteiger partial charge in [0.1, 0.15) is 0 Å². The zero-order valence-electron chi connectivity index (χ0n) is 8.57. The van der Waals surface area contributed by atoms with Crippen LogP contribution in [0.25, 0.3) is 0 Å². The lowest BCUT2D eigenvalue weighted by molar-refractivity contribution is -0.139. The average molecular weight is 209 g/mol. The first-order chi connectivity index (χ1) is 6.94. The summed E-state index contributed by atoms with van der Waals surface area (Å²) < 4.78 is 12.6. The molecule has 1 fully saturated rings. The van der Waals surface area contributed by atoms with Gasteiger partial charge in [0.05, 0.1) is 5.92 Å². The molecule has 1 aromatic rings. The van der Waals surface area contributed by atoms with E-state index in [2.05, 4.69) is 4.98 Å². The van der Waals surface area contributed by atoms with E-state index in [0.717, 1.165) is 5.56 Å². The van der Waals surface area contributed by atoms with Gasteiger partial charge in [-0.1, -0.05) is 19.9 Å². The Balaban J connectivity index is 2.27. The summed E-state index contributed by atoms with van der Waals surface area (Å²) in [5.74, 6) is -1.77. The minimum absolute atomic E-state index is 0.0527. The second-order valence-corrected chi connectivity index (χ2v) is 4.53. The predicted octanol–water partition coefficient (Wildman–Crippen LogP) is 2.04. The number of pyridine rings is 1. The molecule has 1 N–H and O–H groups in total. The van der Waals surface area contributed by atoms with Crippen molar-refractivity contribution in [3.05, 3.63) is 29.8 Å². The van der Waals surface area contributed by atoms with Crippen LogP contribution in [0.4, 0.5) is 4.39 Å². The smallest absolute Gasteiger partial charge is 0.307 e. The number of aromatic nitrogens is 1. The van der Waals surface area contributed by atoms with Crippen LogP contribution in [0.2, 0.25) is 0 Å². The lowest BCUT2D eigenvalue weighted by atomic mass is 10.1. The molecule has 2 rings (SSSR count). The maximum Gasteiger partial charge on any atom is 0.307 e. The molecule has 0 spiro atoms. The van der Waals surface area contributed by atoms with Gasteiger partial charge in [0.2, 0.25) is 5.95 Å². The molecule has 80 valence electrons. The van der Waals surface area contributed by atoms with Crippen LogP contribution in [0.15, 0.2) is 18.3 Å². The number of carbonyl (C=O) groups is 1. The van der Waals surface area contributed by atoms with Crippen LogP contribution in [-0.2, 0) is 4.79 Å². The predicted molar refractivity (Wildman–Crippen MR) is 51.8 cm³/mol. The first-order valence-corrected chi connectivity index (χ1v) is 4.79. The van der Waals surface area contributed by atoms with Crippen molar-refractivity contribution in [2.45, 2.75) is 19.8 Å². The number of rotatable bonds is 2. The maximum absolute atomic E-state index is 12.6. The Hall–Kier alpha value is -1.45. The Morgan fingerprint density at radius 3 is 2.60 bits per heavy atom. The van der Waals surface area contributed by atoms with Crippen LogP contribution in [0.1, 0.15) is 25.3 Å². The van der Waals surface area contributed by atoms with Gasteiger partial charge in [0.25, 0.3) is 0 Å². The van der Waals surface area contributed by atoms with Crippen molar-refractivity contribution in [2.75, 3.05) is 0 Å². The zero-order valence-corrected chi connectivity index (χ0v) is 8.57. The van der Waals surface area contributed by atoms with Crippen molar-refractivity contribution in [3.63, 3.8) is 0 Å². The third-order valence-corrected chi connectivity index (χ3v) is 3.20. The van der Waals surface area contributed by atoms with Crippen LogP contribution in [0.5, 0.6) is 0 Å². The molecule has 2 unspecified atom stereocenters. The molecule has 0 bridgehead atoms. The van der Waals surface area contributed by atoms with E-state index in [4.69, 9.17) is 5.11 Å². The number of nitrogens with zero attached hydrogens (tertiary/aromatic N) is 1. The monoisotopic (exact) mass is 209 g/mol. The molecule has 0 aromatic carbocycles. The molecular formula is C11H12FNO2. The molecule has 0 radical (unpaired) electrons. The summed E-state index contributed by atoms with van der Waals surface area (Å²) >= 11 is 0. The van der Waals surface area contributed by atoms with E-state index >= 15 is 0 Å². The van der Waals surface area contributed by atoms with E-state index < -0.39 is 11.9 Å². The van der Waals surface area contributed by atoms with E-state index in [0.29, 0.717) is 0 Å². The number of halogens is 1. The largest absolute Gasteiger partial charge is 0.481 e. The molecule has 2 atom stereocenters. The second-order valence-electron chi connectivity index (χ2n) is 4.53. The Bertz CT molecular complexity index is 400. The van der Waals surface area contributed by atoms with Gasteiger partial charge in [-0.25, -0.2) is 4.98 Å². The Labute approximate surface area is 87.0 Å². The SMILES string of the molecule is CC1(C)C(C(=O)O)C1c1ccc(F)nc1. The molecule has 1 aliphatic carbocycles. The Morgan fingerprint density at radius 2 is 2.20 bits per heavy atom. The van der Waals surface area contributed by atoms with Gasteiger partial charge in [0.15, 0.2) is 0 Å². The molecule has 1 aromatic heterocycles. The topological polar surface area (TPSA) is 50.2 Å². The summed E-state index contributed by atoms with van der Waals surface area (Å²) in [6, 6.07) is 2.88. The Morgan fingerprint density at radius 1 is 1.53 bits per heavy atom. The third kappa shape index (κ3) is 1.50. The van der Waals surface area contributed by atoms with Gasteiger partial charge in [-0.3, -0.25) is 4.79 Å². The van der Waals surface area contributed by atoms with Gasteiger partial charge in [-0.2, -0.15) is 4.39 Å². The third-order valence-electron chi connectivity index (χ3n) is 3.20. The van der Waals surface area contributed by atoms with Crippen molar-refractivity contribution in [1.82, 2.24) is 4.98 Å². The summed E-state index contributed by atoms with van der Waals surface area (Å²) in [6.07, 6.45) is 1.42. The van der Waals surface area contributed by atoms with Crippen molar-refractivity contribution in [1.29, 1.82) is 0 Å². The van der Waals surface area contributed by atoms with Crippen LogP contribution in [-0.4, -0.2) is 16.1 Å². The lowest BCUT2D eigenvalue weighted by Crippen LogP contribution is -2.03. The highest BCUT2D eigenvalue weighted by Gasteiger charge is 2.62. The van der Waals surface area contributed by atoms with Crippen LogP contribution in [0, 0.1) is 17.3 Å². The molecule has 1 aliphatic rings. The average Bonchev–Trinajstić information content (AvgIpc) is 2.70. The minimum atomic E-state index is -0.797. The lowest BCUT2D eigenvalue weighted by Gasteiger charge is -2.01. The van der Waals surface area contributed by atoms with E-state index in [1.165, 1.54) is 12.3 Å². The molecule has 15 heavy (non-hydrogen) atoms. The van der Waals surface area contributed by atoms with Gasteiger partial charge >= 0.3 is 5.97 Å². The molecule has 0 aliphatic heterocycles. The highest BCUT2D eigenvalue weighted by atomic mass is 19.1. The van der Waals surface area contributed by atoms with Crippen LogP contribution >= 0.6 is 0 Å². The number of carboxylic acids is 1. The van der Waals surface area contributed by atoms with Gasteiger partial charge in [0, 0.05) is 12.1 Å². The quantitative estimate of drug-likeness (QED) is 0.758. The number of hydrogen-bond acceptors (Lipinski definition) is 2. The van der Waals surface area contributed by atoms with Crippen LogP contribution < -0.4 is 0 Å². The van der Waals surface area contributed by atoms with E-state index in [1.54, 1.807) is 6.07 Å². The summed E-state index contributed by atoms with van der Waals surface area (Å²) in [6.45, 7) is 3.81. The van der Waals surface area contributed by atoms with Crippen molar-refractivity contribution >= 4 is 5.97 Å². The van der Waals surface area contributed by atoms with E-state index in [9.17, 15) is 9.18 Å². The van der Waals surface area contributed by atoms with Crippen LogP contribution in [0.3, 0.4) is 0 Å². The van der Waals surface area contributed by atoms with Gasteiger partial charge in [-0.15, -0.1) is 0 Å². The first-order valence-electron chi connectivity index (χ1n) is 4.79. The second kappa shape index (κ2) is 3.02. The summed E-state index contributed by atoms with van der Waals surface area (Å²) in [5.41, 5.74) is 0.541. The number of hydrogen-bond donors (Lipinski definition) is 1. The fourth-order valence-electron chi connectivity index (χ4n) is 2.29. The molecule has 1 saturated carbocycles. The molecule has 0 amide bonds. The first kappa shape index (κ1) is 10.1. The zero-order chi connectivity index (χ0) is 11.2. The molecule has 0 saturated heterocycles. The number of aliphatic carboxylic acids is 1. The normalized spacial score (nSPS) is 27.4. The summed E-state index contributed by atoms with van der Waals surface area (Å²) in [7, 11) is 0. The highest BCUT2D eigenvalue weighted by Crippen LogP contribution is 2.64. The molecule has 1 heterocycles. The summed E-state index contributed by atoms with van der Waals surface area (Å²) in [4.78, 5) is 14.5.